The fraction of sp³-hybridized carbons (Fsp3) is 0.793. The summed E-state index contributed by atoms with van der Waals surface area (Å²) in [6.07, 6.45) is 26.6. The van der Waals surface area contributed by atoms with E-state index in [9.17, 15) is 9.59 Å². The number of hydrogen-bond donors (Lipinski definition) is 1. The molecule has 1 fully saturated rings. The van der Waals surface area contributed by atoms with Gasteiger partial charge in [-0.25, -0.2) is 0 Å². The number of unbranched alkanes of at least 4 members (excludes halogenated alkanes) is 15. The molecule has 32 heavy (non-hydrogen) atoms. The zero-order valence-electron chi connectivity index (χ0n) is 20.7. The second-order valence-electron chi connectivity index (χ2n) is 10.5. The maximum absolute atomic E-state index is 12.8. The predicted molar refractivity (Wildman–Crippen MR) is 134 cm³/mol. The molecule has 0 amide bonds. The smallest absolute Gasteiger partial charge is 0.205 e. The number of allylic oxidation sites excluding steroid dienone is 3. The monoisotopic (exact) mass is 441 g/mol. The largest absolute Gasteiger partial charge is 0.382 e. The highest BCUT2D eigenvalue weighted by atomic mass is 16.1. The first-order valence-corrected chi connectivity index (χ1v) is 14.0. The molecule has 0 saturated heterocycles. The van der Waals surface area contributed by atoms with Crippen LogP contribution in [0.25, 0.3) is 0 Å². The molecule has 1 saturated carbocycles. The van der Waals surface area contributed by atoms with Gasteiger partial charge in [-0.3, -0.25) is 9.59 Å². The minimum atomic E-state index is 0.0984. The Hall–Kier alpha value is -1.38. The van der Waals surface area contributed by atoms with Gasteiger partial charge in [-0.2, -0.15) is 0 Å². The molecule has 180 valence electrons. The van der Waals surface area contributed by atoms with E-state index in [0.29, 0.717) is 17.5 Å². The molecule has 2 atom stereocenters. The molecule has 3 aliphatic carbocycles. The number of nitrogens with one attached hydrogen (secondary N) is 1. The number of Topliss-reactive ketones (excluding diaryl/α,β-unsaturated/α-hetero) is 1. The average molecular weight is 442 g/mol. The Morgan fingerprint density at radius 2 is 1.16 bits per heavy atom. The summed E-state index contributed by atoms with van der Waals surface area (Å²) in [5.41, 5.74) is 2.28. The molecule has 0 heterocycles. The number of ketones is 2. The van der Waals surface area contributed by atoms with Crippen molar-refractivity contribution in [3.8, 4) is 0 Å². The predicted octanol–water partition coefficient (Wildman–Crippen LogP) is 7.60. The number of carbonyl (C=O) groups is 2. The van der Waals surface area contributed by atoms with Crippen LogP contribution in [0.15, 0.2) is 22.9 Å². The van der Waals surface area contributed by atoms with Gasteiger partial charge < -0.3 is 5.32 Å². The van der Waals surface area contributed by atoms with Crippen LogP contribution < -0.4 is 5.32 Å². The maximum atomic E-state index is 12.8. The lowest BCUT2D eigenvalue weighted by Gasteiger charge is -2.23. The molecule has 3 aliphatic rings. The summed E-state index contributed by atoms with van der Waals surface area (Å²) in [5, 5.41) is 3.28. The van der Waals surface area contributed by atoms with Crippen molar-refractivity contribution in [1.82, 2.24) is 5.32 Å². The van der Waals surface area contributed by atoms with E-state index in [0.717, 1.165) is 43.4 Å². The molecule has 0 radical (unpaired) electrons. The first-order chi connectivity index (χ1) is 15.7. The van der Waals surface area contributed by atoms with Gasteiger partial charge in [0.1, 0.15) is 0 Å². The molecule has 2 bridgehead atoms. The van der Waals surface area contributed by atoms with E-state index < -0.39 is 0 Å². The van der Waals surface area contributed by atoms with Crippen molar-refractivity contribution in [2.24, 2.45) is 11.8 Å². The topological polar surface area (TPSA) is 46.2 Å². The van der Waals surface area contributed by atoms with Gasteiger partial charge in [0.05, 0.1) is 5.70 Å². The second-order valence-corrected chi connectivity index (χ2v) is 10.5. The molecule has 0 aromatic rings. The third-order valence-corrected chi connectivity index (χ3v) is 7.92. The highest BCUT2D eigenvalue weighted by Crippen LogP contribution is 2.50. The third-order valence-electron chi connectivity index (χ3n) is 7.92. The molecule has 2 unspecified atom stereocenters. The quantitative estimate of drug-likeness (QED) is 0.176. The lowest BCUT2D eigenvalue weighted by molar-refractivity contribution is -0.116. The van der Waals surface area contributed by atoms with Crippen molar-refractivity contribution < 1.29 is 9.59 Å². The molecule has 0 aromatic carbocycles. The van der Waals surface area contributed by atoms with Gasteiger partial charge in [0.25, 0.3) is 0 Å². The Morgan fingerprint density at radius 3 is 1.69 bits per heavy atom. The van der Waals surface area contributed by atoms with Crippen molar-refractivity contribution in [2.75, 3.05) is 6.54 Å². The van der Waals surface area contributed by atoms with E-state index in [-0.39, 0.29) is 11.6 Å². The van der Waals surface area contributed by atoms with Gasteiger partial charge in [0.2, 0.25) is 5.78 Å². The Morgan fingerprint density at radius 1 is 0.688 bits per heavy atom. The van der Waals surface area contributed by atoms with E-state index in [2.05, 4.69) is 12.2 Å². The Labute approximate surface area is 196 Å². The Balaban J connectivity index is 1.12. The minimum Gasteiger partial charge on any atom is -0.382 e. The summed E-state index contributed by atoms with van der Waals surface area (Å²) < 4.78 is 0. The van der Waals surface area contributed by atoms with Gasteiger partial charge in [-0.05, 0) is 37.5 Å². The summed E-state index contributed by atoms with van der Waals surface area (Å²) in [6, 6.07) is 0. The van der Waals surface area contributed by atoms with Gasteiger partial charge in [0, 0.05) is 23.8 Å². The van der Waals surface area contributed by atoms with Crippen molar-refractivity contribution in [3.05, 3.63) is 22.9 Å². The van der Waals surface area contributed by atoms with Crippen molar-refractivity contribution in [1.29, 1.82) is 0 Å². The van der Waals surface area contributed by atoms with Crippen LogP contribution in [0.5, 0.6) is 0 Å². The van der Waals surface area contributed by atoms with Crippen LogP contribution in [-0.4, -0.2) is 18.1 Å². The molecule has 0 aromatic heterocycles. The lowest BCUT2D eigenvalue weighted by Crippen LogP contribution is -2.30. The summed E-state index contributed by atoms with van der Waals surface area (Å²) in [7, 11) is 0. The maximum Gasteiger partial charge on any atom is 0.205 e. The zero-order chi connectivity index (χ0) is 22.6. The third kappa shape index (κ3) is 7.32. The SMILES string of the molecule is CCCCCCCCCCCCCCCCCCNC1=CC(=O)C2=C(C1=O)C1CCC2C1. The van der Waals surface area contributed by atoms with Gasteiger partial charge in [-0.15, -0.1) is 0 Å². The van der Waals surface area contributed by atoms with Crippen LogP contribution in [-0.2, 0) is 9.59 Å². The number of carbonyl (C=O) groups excluding carboxylic acids is 2. The highest BCUT2D eigenvalue weighted by molar-refractivity contribution is 6.23. The van der Waals surface area contributed by atoms with Crippen LogP contribution in [0.4, 0.5) is 0 Å². The molecular formula is C29H47NO2. The van der Waals surface area contributed by atoms with Crippen LogP contribution in [0.3, 0.4) is 0 Å². The molecule has 3 heteroatoms. The van der Waals surface area contributed by atoms with Crippen LogP contribution in [0.2, 0.25) is 0 Å². The molecule has 3 nitrogen and oxygen atoms in total. The summed E-state index contributed by atoms with van der Waals surface area (Å²) in [5.74, 6) is 0.932. The van der Waals surface area contributed by atoms with Crippen LogP contribution in [0, 0.1) is 11.8 Å². The molecule has 0 aliphatic heterocycles. The summed E-state index contributed by atoms with van der Waals surface area (Å²) in [6.45, 7) is 3.09. The van der Waals surface area contributed by atoms with Crippen molar-refractivity contribution in [3.63, 3.8) is 0 Å². The van der Waals surface area contributed by atoms with E-state index in [1.54, 1.807) is 6.08 Å². The highest BCUT2D eigenvalue weighted by Gasteiger charge is 2.46. The average Bonchev–Trinajstić information content (AvgIpc) is 3.41. The van der Waals surface area contributed by atoms with Crippen molar-refractivity contribution in [2.45, 2.75) is 129 Å². The minimum absolute atomic E-state index is 0.0984. The van der Waals surface area contributed by atoms with Gasteiger partial charge >= 0.3 is 0 Å². The fourth-order valence-electron chi connectivity index (χ4n) is 6.03. The fourth-order valence-corrected chi connectivity index (χ4v) is 6.03. The zero-order valence-corrected chi connectivity index (χ0v) is 20.7. The van der Waals surface area contributed by atoms with Gasteiger partial charge in [-0.1, -0.05) is 103 Å². The molecule has 1 N–H and O–H groups in total. The van der Waals surface area contributed by atoms with E-state index in [1.807, 2.05) is 0 Å². The van der Waals surface area contributed by atoms with E-state index in [4.69, 9.17) is 0 Å². The Kier molecular flexibility index (Phi) is 11.1. The first kappa shape index (κ1) is 25.2. The number of fused-ring (bicyclic) bond motifs is 4. The Bertz CT molecular complexity index is 675. The van der Waals surface area contributed by atoms with E-state index in [1.165, 1.54) is 96.3 Å². The standard InChI is InChI=1S/C29H47NO2/c1-2-3-4-5-6-7-8-9-10-11-12-13-14-15-16-17-20-30-25-22-26(31)27-23-18-19-24(21-23)28(27)29(25)32/h22-24,30H,2-21H2,1H3. The molecule has 0 spiro atoms. The lowest BCUT2D eigenvalue weighted by atomic mass is 9.82. The number of hydrogen-bond acceptors (Lipinski definition) is 3. The summed E-state index contributed by atoms with van der Waals surface area (Å²) >= 11 is 0. The number of rotatable bonds is 18. The normalized spacial score (nSPS) is 22.0. The van der Waals surface area contributed by atoms with Crippen LogP contribution in [0.1, 0.15) is 129 Å². The van der Waals surface area contributed by atoms with Crippen molar-refractivity contribution >= 4 is 11.6 Å². The van der Waals surface area contributed by atoms with Crippen LogP contribution >= 0.6 is 0 Å². The van der Waals surface area contributed by atoms with E-state index >= 15 is 0 Å². The molecule has 3 rings (SSSR count). The second kappa shape index (κ2) is 14.0. The first-order valence-electron chi connectivity index (χ1n) is 14.0. The van der Waals surface area contributed by atoms with Gasteiger partial charge in [0.15, 0.2) is 5.78 Å². The molecular weight excluding hydrogens is 394 g/mol. The summed E-state index contributed by atoms with van der Waals surface area (Å²) in [4.78, 5) is 25.3.